The van der Waals surface area contributed by atoms with Crippen LogP contribution < -0.4 is 11.1 Å². The Morgan fingerprint density at radius 2 is 1.77 bits per heavy atom. The highest BCUT2D eigenvalue weighted by atomic mass is 15.0. The van der Waals surface area contributed by atoms with E-state index in [9.17, 15) is 0 Å². The summed E-state index contributed by atoms with van der Waals surface area (Å²) in [7, 11) is 2.14. The van der Waals surface area contributed by atoms with Gasteiger partial charge in [-0.1, -0.05) is 0 Å². The molecule has 4 aliphatic carbocycles. The van der Waals surface area contributed by atoms with Gasteiger partial charge in [0, 0.05) is 11.6 Å². The van der Waals surface area contributed by atoms with Crippen molar-refractivity contribution in [3.05, 3.63) is 0 Å². The minimum atomic E-state index is 0.492. The molecule has 0 aromatic heterocycles. The molecule has 0 amide bonds. The largest absolute Gasteiger partial charge is 0.327 e. The van der Waals surface area contributed by atoms with E-state index in [4.69, 9.17) is 5.73 Å². The lowest BCUT2D eigenvalue weighted by Gasteiger charge is -2.59. The van der Waals surface area contributed by atoms with Gasteiger partial charge in [-0.25, -0.2) is 0 Å². The number of rotatable bonds is 1. The smallest absolute Gasteiger partial charge is 0.0187 e. The molecular formula is C11H20N2. The second kappa shape index (κ2) is 2.48. The Labute approximate surface area is 80.3 Å². The lowest BCUT2D eigenvalue weighted by atomic mass is 9.51. The van der Waals surface area contributed by atoms with Crippen molar-refractivity contribution in [2.24, 2.45) is 23.5 Å². The molecule has 2 heteroatoms. The van der Waals surface area contributed by atoms with E-state index < -0.39 is 0 Å². The number of nitrogens with two attached hydrogens (primary N) is 1. The molecule has 0 radical (unpaired) electrons. The third-order valence-electron chi connectivity index (χ3n) is 4.88. The van der Waals surface area contributed by atoms with Crippen LogP contribution in [0.5, 0.6) is 0 Å². The van der Waals surface area contributed by atoms with Crippen LogP contribution in [0.4, 0.5) is 0 Å². The maximum atomic E-state index is 6.25. The highest BCUT2D eigenvalue weighted by Crippen LogP contribution is 2.54. The third-order valence-corrected chi connectivity index (χ3v) is 4.88. The fourth-order valence-corrected chi connectivity index (χ4v) is 4.37. The Hall–Kier alpha value is -0.0800. The van der Waals surface area contributed by atoms with Gasteiger partial charge in [0.2, 0.25) is 0 Å². The van der Waals surface area contributed by atoms with Crippen molar-refractivity contribution < 1.29 is 0 Å². The fraction of sp³-hybridized carbons (Fsp3) is 1.00. The standard InChI is InChI=1S/C11H20N2/c1-13-11-4-7-2-8(5-11)10(12)9(3-7)6-11/h7-10,13H,2-6,12H2,1H3/t7?,8-,9+,10?,11-. The molecule has 4 saturated carbocycles. The fourth-order valence-electron chi connectivity index (χ4n) is 4.37. The number of hydrogen-bond donors (Lipinski definition) is 2. The SMILES string of the molecule is CN[C@]12CC3C[C@H](C1)C(N)[C@@H](C3)C2. The molecule has 3 N–H and O–H groups in total. The van der Waals surface area contributed by atoms with Crippen LogP contribution in [0.15, 0.2) is 0 Å². The van der Waals surface area contributed by atoms with Gasteiger partial charge in [0.1, 0.15) is 0 Å². The minimum Gasteiger partial charge on any atom is -0.327 e. The van der Waals surface area contributed by atoms with Crippen molar-refractivity contribution in [3.63, 3.8) is 0 Å². The van der Waals surface area contributed by atoms with Gasteiger partial charge in [-0.3, -0.25) is 0 Å². The maximum absolute atomic E-state index is 6.25. The second-order valence-corrected chi connectivity index (χ2v) is 5.58. The van der Waals surface area contributed by atoms with E-state index in [2.05, 4.69) is 12.4 Å². The minimum absolute atomic E-state index is 0.492. The van der Waals surface area contributed by atoms with Crippen molar-refractivity contribution in [1.82, 2.24) is 5.32 Å². The molecule has 0 saturated heterocycles. The zero-order chi connectivity index (χ0) is 9.05. The van der Waals surface area contributed by atoms with Gasteiger partial charge in [0.15, 0.2) is 0 Å². The summed E-state index contributed by atoms with van der Waals surface area (Å²) in [6.45, 7) is 0. The molecule has 2 unspecified atom stereocenters. The summed E-state index contributed by atoms with van der Waals surface area (Å²) >= 11 is 0. The molecule has 0 aromatic rings. The molecule has 4 fully saturated rings. The van der Waals surface area contributed by atoms with E-state index in [-0.39, 0.29) is 0 Å². The molecular weight excluding hydrogens is 160 g/mol. The first kappa shape index (κ1) is 8.25. The summed E-state index contributed by atoms with van der Waals surface area (Å²) in [5.41, 5.74) is 6.75. The highest BCUT2D eigenvalue weighted by molar-refractivity contribution is 5.10. The first-order valence-electron chi connectivity index (χ1n) is 5.67. The Morgan fingerprint density at radius 1 is 1.15 bits per heavy atom. The predicted octanol–water partition coefficient (Wildman–Crippen LogP) is 1.11. The van der Waals surface area contributed by atoms with E-state index in [0.29, 0.717) is 11.6 Å². The zero-order valence-corrected chi connectivity index (χ0v) is 8.42. The van der Waals surface area contributed by atoms with Gasteiger partial charge in [-0.2, -0.15) is 0 Å². The van der Waals surface area contributed by atoms with Crippen LogP contribution in [0.2, 0.25) is 0 Å². The summed E-state index contributed by atoms with van der Waals surface area (Å²) in [5, 5.41) is 3.57. The molecule has 0 aromatic carbocycles. The summed E-state index contributed by atoms with van der Waals surface area (Å²) in [6.07, 6.45) is 6.95. The second-order valence-electron chi connectivity index (χ2n) is 5.58. The summed E-state index contributed by atoms with van der Waals surface area (Å²) in [6, 6.07) is 0.526. The van der Waals surface area contributed by atoms with Gasteiger partial charge < -0.3 is 11.1 Å². The Balaban J connectivity index is 1.92. The van der Waals surface area contributed by atoms with Crippen molar-refractivity contribution in [1.29, 1.82) is 0 Å². The zero-order valence-electron chi connectivity index (χ0n) is 8.42. The molecule has 13 heavy (non-hydrogen) atoms. The third kappa shape index (κ3) is 1.02. The van der Waals surface area contributed by atoms with Gasteiger partial charge in [0.05, 0.1) is 0 Å². The van der Waals surface area contributed by atoms with Crippen LogP contribution in [0, 0.1) is 17.8 Å². The lowest BCUT2D eigenvalue weighted by molar-refractivity contribution is -0.0320. The van der Waals surface area contributed by atoms with E-state index in [0.717, 1.165) is 17.8 Å². The van der Waals surface area contributed by atoms with Crippen LogP contribution in [0.25, 0.3) is 0 Å². The number of hydrogen-bond acceptors (Lipinski definition) is 2. The molecule has 2 nitrogen and oxygen atoms in total. The monoisotopic (exact) mass is 180 g/mol. The normalized spacial score (nSPS) is 58.6. The van der Waals surface area contributed by atoms with Crippen molar-refractivity contribution >= 4 is 0 Å². The average molecular weight is 180 g/mol. The highest BCUT2D eigenvalue weighted by Gasteiger charge is 2.53. The molecule has 0 heterocycles. The van der Waals surface area contributed by atoms with E-state index in [1.54, 1.807) is 0 Å². The van der Waals surface area contributed by atoms with Crippen LogP contribution in [0.3, 0.4) is 0 Å². The van der Waals surface area contributed by atoms with Crippen molar-refractivity contribution in [2.45, 2.75) is 43.7 Å². The van der Waals surface area contributed by atoms with Crippen LogP contribution in [-0.2, 0) is 0 Å². The van der Waals surface area contributed by atoms with Crippen LogP contribution in [0.1, 0.15) is 32.1 Å². The van der Waals surface area contributed by atoms with E-state index in [1.807, 2.05) is 0 Å². The number of nitrogens with one attached hydrogen (secondary N) is 1. The Bertz CT molecular complexity index is 210. The van der Waals surface area contributed by atoms with Crippen molar-refractivity contribution in [2.75, 3.05) is 7.05 Å². The predicted molar refractivity (Wildman–Crippen MR) is 53.3 cm³/mol. The van der Waals surface area contributed by atoms with E-state index >= 15 is 0 Å². The first-order valence-corrected chi connectivity index (χ1v) is 5.67. The van der Waals surface area contributed by atoms with Gasteiger partial charge in [-0.15, -0.1) is 0 Å². The first-order chi connectivity index (χ1) is 6.22. The van der Waals surface area contributed by atoms with Gasteiger partial charge in [0.25, 0.3) is 0 Å². The van der Waals surface area contributed by atoms with Crippen LogP contribution >= 0.6 is 0 Å². The molecule has 0 aliphatic heterocycles. The summed E-state index contributed by atoms with van der Waals surface area (Å²) in [4.78, 5) is 0. The quantitative estimate of drug-likeness (QED) is 0.634. The molecule has 0 spiro atoms. The summed E-state index contributed by atoms with van der Waals surface area (Å²) < 4.78 is 0. The molecule has 4 rings (SSSR count). The molecule has 74 valence electrons. The van der Waals surface area contributed by atoms with Gasteiger partial charge >= 0.3 is 0 Å². The van der Waals surface area contributed by atoms with Crippen molar-refractivity contribution in [3.8, 4) is 0 Å². The molecule has 4 aliphatic rings. The molecule has 4 bridgehead atoms. The average Bonchev–Trinajstić information content (AvgIpc) is 2.13. The Kier molecular flexibility index (Phi) is 1.58. The van der Waals surface area contributed by atoms with Crippen LogP contribution in [-0.4, -0.2) is 18.6 Å². The lowest BCUT2D eigenvalue weighted by Crippen LogP contribution is -2.63. The summed E-state index contributed by atoms with van der Waals surface area (Å²) in [5.74, 6) is 2.65. The molecule has 5 atom stereocenters. The Morgan fingerprint density at radius 3 is 2.31 bits per heavy atom. The van der Waals surface area contributed by atoms with Gasteiger partial charge in [-0.05, 0) is 56.9 Å². The maximum Gasteiger partial charge on any atom is 0.0187 e. The van der Waals surface area contributed by atoms with E-state index in [1.165, 1.54) is 32.1 Å². The topological polar surface area (TPSA) is 38.0 Å².